The molecule has 1 aromatic heterocycles. The fourth-order valence-corrected chi connectivity index (χ4v) is 3.97. The monoisotopic (exact) mass is 382 g/mol. The summed E-state index contributed by atoms with van der Waals surface area (Å²) in [5.41, 5.74) is 5.70. The molecule has 0 bridgehead atoms. The van der Waals surface area contributed by atoms with Crippen molar-refractivity contribution in [3.05, 3.63) is 52.5 Å². The second-order valence-corrected chi connectivity index (χ2v) is 7.51. The van der Waals surface area contributed by atoms with Crippen LogP contribution in [-0.4, -0.2) is 16.4 Å². The van der Waals surface area contributed by atoms with Gasteiger partial charge in [-0.05, 0) is 30.7 Å². The van der Waals surface area contributed by atoms with Gasteiger partial charge in [-0.2, -0.15) is 0 Å². The minimum atomic E-state index is 0.156. The quantitative estimate of drug-likeness (QED) is 0.647. The summed E-state index contributed by atoms with van der Waals surface area (Å²) in [6, 6.07) is 15.0. The third kappa shape index (κ3) is 2.55. The summed E-state index contributed by atoms with van der Waals surface area (Å²) in [6.07, 6.45) is 1.09. The maximum Gasteiger partial charge on any atom is 0.139 e. The van der Waals surface area contributed by atoms with E-state index in [1.54, 1.807) is 0 Å². The minimum Gasteiger partial charge on any atom is -0.381 e. The van der Waals surface area contributed by atoms with E-state index in [9.17, 15) is 4.79 Å². The summed E-state index contributed by atoms with van der Waals surface area (Å²) in [7, 11) is 2.09. The molecule has 2 aromatic carbocycles. The van der Waals surface area contributed by atoms with Crippen LogP contribution in [0, 0.1) is 0 Å². The number of hydrogen-bond donors (Lipinski definition) is 1. The molecule has 2 heterocycles. The molecule has 0 spiro atoms. The largest absolute Gasteiger partial charge is 0.381 e. The normalized spacial score (nSPS) is 17.5. The van der Waals surface area contributed by atoms with E-state index in [-0.39, 0.29) is 6.04 Å². The van der Waals surface area contributed by atoms with Gasteiger partial charge in [-0.15, -0.1) is 0 Å². The number of nitrogens with zero attached hydrogens (tertiary/aromatic N) is 1. The van der Waals surface area contributed by atoms with Crippen molar-refractivity contribution in [3.63, 3.8) is 0 Å². The van der Waals surface area contributed by atoms with E-state index in [1.165, 1.54) is 10.9 Å². The average molecular weight is 383 g/mol. The zero-order chi connectivity index (χ0) is 16.8. The smallest absolute Gasteiger partial charge is 0.139 e. The number of aromatic nitrogens is 1. The predicted octanol–water partition coefficient (Wildman–Crippen LogP) is 4.92. The molecule has 3 nitrogen and oxygen atoms in total. The summed E-state index contributed by atoms with van der Waals surface area (Å²) in [5, 5.41) is 4.77. The lowest BCUT2D eigenvalue weighted by molar-refractivity contribution is -0.118. The number of para-hydroxylation sites is 1. The number of aryl methyl sites for hydroxylation is 1. The Morgan fingerprint density at radius 2 is 2.04 bits per heavy atom. The van der Waals surface area contributed by atoms with Gasteiger partial charge in [0, 0.05) is 52.6 Å². The van der Waals surface area contributed by atoms with Crippen LogP contribution in [-0.2, 0) is 18.3 Å². The average Bonchev–Trinajstić information content (AvgIpc) is 2.76. The lowest BCUT2D eigenvalue weighted by Gasteiger charge is -2.17. The molecule has 1 aliphatic heterocycles. The molecule has 0 saturated carbocycles. The molecule has 0 unspecified atom stereocenters. The zero-order valence-electron chi connectivity index (χ0n) is 13.8. The Kier molecular flexibility index (Phi) is 3.72. The van der Waals surface area contributed by atoms with Crippen LogP contribution in [0.3, 0.4) is 0 Å². The number of nitrogens with one attached hydrogen (secondary N) is 1. The van der Waals surface area contributed by atoms with Crippen molar-refractivity contribution >= 4 is 38.3 Å². The van der Waals surface area contributed by atoms with Gasteiger partial charge >= 0.3 is 0 Å². The van der Waals surface area contributed by atoms with Gasteiger partial charge in [0.25, 0.3) is 0 Å². The highest BCUT2D eigenvalue weighted by atomic mass is 79.9. The maximum atomic E-state index is 12.1. The number of Topliss-reactive ketones (excluding diaryl/α,β-unsaturated/α-hetero) is 1. The van der Waals surface area contributed by atoms with Crippen molar-refractivity contribution in [2.45, 2.75) is 25.8 Å². The van der Waals surface area contributed by atoms with Crippen molar-refractivity contribution in [1.82, 2.24) is 4.57 Å². The van der Waals surface area contributed by atoms with E-state index < -0.39 is 0 Å². The number of rotatable bonds is 1. The van der Waals surface area contributed by atoms with E-state index in [0.717, 1.165) is 27.0 Å². The number of carbonyl (C=O) groups excluding carboxylic acids is 1. The highest BCUT2D eigenvalue weighted by molar-refractivity contribution is 9.10. The summed E-state index contributed by atoms with van der Waals surface area (Å²) in [5.74, 6) is 0.298. The first-order valence-electron chi connectivity index (χ1n) is 8.18. The van der Waals surface area contributed by atoms with Gasteiger partial charge in [0.2, 0.25) is 0 Å². The molecule has 3 aromatic rings. The Morgan fingerprint density at radius 3 is 2.88 bits per heavy atom. The van der Waals surface area contributed by atoms with Crippen LogP contribution in [0.1, 0.15) is 18.9 Å². The van der Waals surface area contributed by atoms with Crippen LogP contribution in [0.2, 0.25) is 0 Å². The Bertz CT molecular complexity index is 958. The molecule has 1 atom stereocenters. The molecule has 122 valence electrons. The molecule has 0 fully saturated rings. The number of carbonyl (C=O) groups is 1. The second kappa shape index (κ2) is 5.78. The molecule has 24 heavy (non-hydrogen) atoms. The number of ketones is 1. The van der Waals surface area contributed by atoms with Crippen LogP contribution in [0.4, 0.5) is 5.69 Å². The zero-order valence-corrected chi connectivity index (χ0v) is 15.4. The van der Waals surface area contributed by atoms with E-state index in [4.69, 9.17) is 0 Å². The van der Waals surface area contributed by atoms with Crippen LogP contribution < -0.4 is 5.32 Å². The molecule has 4 heteroatoms. The first-order valence-corrected chi connectivity index (χ1v) is 8.97. The highest BCUT2D eigenvalue weighted by Gasteiger charge is 2.22. The van der Waals surface area contributed by atoms with Crippen LogP contribution in [0.5, 0.6) is 0 Å². The molecule has 0 saturated heterocycles. The number of hydrogen-bond acceptors (Lipinski definition) is 2. The number of benzene rings is 2. The first-order chi connectivity index (χ1) is 11.5. The summed E-state index contributed by atoms with van der Waals surface area (Å²) < 4.78 is 3.29. The number of anilines is 1. The molecule has 1 aliphatic rings. The van der Waals surface area contributed by atoms with Crippen molar-refractivity contribution < 1.29 is 4.79 Å². The van der Waals surface area contributed by atoms with Gasteiger partial charge in [-0.3, -0.25) is 4.79 Å². The van der Waals surface area contributed by atoms with Gasteiger partial charge in [0.15, 0.2) is 0 Å². The third-order valence-corrected chi connectivity index (χ3v) is 5.24. The van der Waals surface area contributed by atoms with Crippen molar-refractivity contribution in [2.75, 3.05) is 5.32 Å². The van der Waals surface area contributed by atoms with Crippen molar-refractivity contribution in [3.8, 4) is 11.3 Å². The van der Waals surface area contributed by atoms with Crippen LogP contribution >= 0.6 is 15.9 Å². The third-order valence-electron chi connectivity index (χ3n) is 4.75. The summed E-state index contributed by atoms with van der Waals surface area (Å²) in [4.78, 5) is 12.1. The van der Waals surface area contributed by atoms with Crippen molar-refractivity contribution in [1.29, 1.82) is 0 Å². The lowest BCUT2D eigenvalue weighted by atomic mass is 10.0. The van der Waals surface area contributed by atoms with Crippen LogP contribution in [0.25, 0.3) is 22.2 Å². The molecule has 0 radical (unpaired) electrons. The molecule has 4 rings (SSSR count). The van der Waals surface area contributed by atoms with E-state index in [1.807, 2.05) is 6.07 Å². The van der Waals surface area contributed by atoms with Gasteiger partial charge in [-0.25, -0.2) is 0 Å². The molecule has 0 aliphatic carbocycles. The fraction of sp³-hybridized carbons (Fsp3) is 0.250. The molecule has 1 N–H and O–H groups in total. The van der Waals surface area contributed by atoms with Gasteiger partial charge in [0.05, 0.1) is 5.69 Å². The van der Waals surface area contributed by atoms with E-state index in [2.05, 4.69) is 76.2 Å². The van der Waals surface area contributed by atoms with E-state index >= 15 is 0 Å². The number of fused-ring (bicyclic) bond motifs is 2. The lowest BCUT2D eigenvalue weighted by Crippen LogP contribution is -2.17. The van der Waals surface area contributed by atoms with Crippen molar-refractivity contribution in [2.24, 2.45) is 7.05 Å². The van der Waals surface area contributed by atoms with E-state index in [0.29, 0.717) is 18.6 Å². The SMILES string of the molecule is C[C@@H]1CC(=O)Cc2cccc(-c3cc4ccc(Br)cc4n3C)c2N1. The predicted molar refractivity (Wildman–Crippen MR) is 102 cm³/mol. The number of halogens is 1. The molecular formula is C20H19BrN2O. The van der Waals surface area contributed by atoms with Gasteiger partial charge in [-0.1, -0.05) is 40.2 Å². The fourth-order valence-electron chi connectivity index (χ4n) is 3.62. The molecule has 0 amide bonds. The Morgan fingerprint density at radius 1 is 1.21 bits per heavy atom. The first kappa shape index (κ1) is 15.5. The summed E-state index contributed by atoms with van der Waals surface area (Å²) >= 11 is 3.55. The maximum absolute atomic E-state index is 12.1. The Labute approximate surface area is 149 Å². The Balaban J connectivity index is 1.94. The second-order valence-electron chi connectivity index (χ2n) is 6.60. The van der Waals surface area contributed by atoms with Gasteiger partial charge in [0.1, 0.15) is 5.78 Å². The highest BCUT2D eigenvalue weighted by Crippen LogP contribution is 2.37. The summed E-state index contributed by atoms with van der Waals surface area (Å²) in [6.45, 7) is 2.07. The minimum absolute atomic E-state index is 0.156. The standard InChI is InChI=1S/C20H19BrN2O/c1-12-8-16(24)9-14-4-3-5-17(20(14)22-12)19-10-13-6-7-15(21)11-18(13)23(19)2/h3-7,10-12,22H,8-9H2,1-2H3/t12-/m1/s1. The Hall–Kier alpha value is -2.07. The topological polar surface area (TPSA) is 34.0 Å². The molecular weight excluding hydrogens is 364 g/mol. The van der Waals surface area contributed by atoms with Crippen LogP contribution in [0.15, 0.2) is 46.9 Å². The van der Waals surface area contributed by atoms with Gasteiger partial charge < -0.3 is 9.88 Å².